The zero-order valence-corrected chi connectivity index (χ0v) is 17.5. The minimum atomic E-state index is -1.13. The Morgan fingerprint density at radius 3 is 1.86 bits per heavy atom. The molecule has 7 heteroatoms. The van der Waals surface area contributed by atoms with E-state index >= 15 is 0 Å². The van der Waals surface area contributed by atoms with Crippen LogP contribution in [0.2, 0.25) is 0 Å². The van der Waals surface area contributed by atoms with Gasteiger partial charge in [0.2, 0.25) is 0 Å². The Kier molecular flexibility index (Phi) is 7.75. The number of hydrogen-bond donors (Lipinski definition) is 2. The topological polar surface area (TPSA) is 116 Å². The van der Waals surface area contributed by atoms with E-state index in [1.807, 2.05) is 13.8 Å². The van der Waals surface area contributed by atoms with Crippen molar-refractivity contribution in [1.29, 1.82) is 0 Å². The fourth-order valence-corrected chi connectivity index (χ4v) is 1.95. The van der Waals surface area contributed by atoms with Crippen LogP contribution in [0.5, 0.6) is 11.5 Å². The third kappa shape index (κ3) is 6.05. The van der Waals surface area contributed by atoms with Gasteiger partial charge in [0.25, 0.3) is 0 Å². The number of carbonyl (C=O) groups is 3. The number of ether oxygens (including phenoxy) is 2. The summed E-state index contributed by atoms with van der Waals surface area (Å²) in [4.78, 5) is 36.0. The zero-order chi connectivity index (χ0) is 21.7. The van der Waals surface area contributed by atoms with E-state index in [2.05, 4.69) is 0 Å². The van der Waals surface area contributed by atoms with Gasteiger partial charge < -0.3 is 20.3 Å². The molecule has 156 valence electrons. The SMILES string of the molecule is CCC(C)(C)C(=O)Oc1ccc(C[C@H](N)C(=O)O)cc1OC(=O)C(C)(C)CC. The molecule has 1 aromatic carbocycles. The Morgan fingerprint density at radius 2 is 1.43 bits per heavy atom. The quantitative estimate of drug-likeness (QED) is 0.488. The first-order chi connectivity index (χ1) is 12.8. The Labute approximate surface area is 166 Å². The molecule has 0 spiro atoms. The standard InChI is InChI=1S/C21H31NO6/c1-7-20(3,4)18(25)27-15-10-9-13(11-14(22)17(23)24)12-16(15)28-19(26)21(5,6)8-2/h9-10,12,14H,7-8,11,22H2,1-6H3,(H,23,24)/t14-/m0/s1. The zero-order valence-electron chi connectivity index (χ0n) is 17.5. The van der Waals surface area contributed by atoms with Crippen LogP contribution in [0.3, 0.4) is 0 Å². The van der Waals surface area contributed by atoms with Crippen molar-refractivity contribution in [2.45, 2.75) is 66.8 Å². The fourth-order valence-electron chi connectivity index (χ4n) is 1.95. The minimum Gasteiger partial charge on any atom is -0.480 e. The summed E-state index contributed by atoms with van der Waals surface area (Å²) in [5.41, 5.74) is 4.72. The van der Waals surface area contributed by atoms with Gasteiger partial charge in [-0.05, 0) is 64.7 Å². The predicted molar refractivity (Wildman–Crippen MR) is 105 cm³/mol. The van der Waals surface area contributed by atoms with Crippen LogP contribution in [0, 0.1) is 10.8 Å². The van der Waals surface area contributed by atoms with E-state index in [0.29, 0.717) is 18.4 Å². The number of nitrogens with two attached hydrogens (primary N) is 1. The van der Waals surface area contributed by atoms with E-state index in [9.17, 15) is 14.4 Å². The molecule has 0 bridgehead atoms. The van der Waals surface area contributed by atoms with Gasteiger partial charge in [-0.15, -0.1) is 0 Å². The second-order valence-corrected chi connectivity index (χ2v) is 8.18. The first kappa shape index (κ1) is 23.6. The van der Waals surface area contributed by atoms with Crippen LogP contribution in [0.25, 0.3) is 0 Å². The number of benzene rings is 1. The Balaban J connectivity index is 3.24. The molecule has 0 aliphatic heterocycles. The lowest BCUT2D eigenvalue weighted by Crippen LogP contribution is -2.32. The molecule has 0 saturated carbocycles. The van der Waals surface area contributed by atoms with Crippen LogP contribution in [0.4, 0.5) is 0 Å². The Hall–Kier alpha value is -2.41. The van der Waals surface area contributed by atoms with Gasteiger partial charge in [0, 0.05) is 0 Å². The molecule has 1 aromatic rings. The van der Waals surface area contributed by atoms with Crippen molar-refractivity contribution in [2.24, 2.45) is 16.6 Å². The molecular formula is C21H31NO6. The summed E-state index contributed by atoms with van der Waals surface area (Å²) in [7, 11) is 0. The molecule has 0 fully saturated rings. The highest BCUT2D eigenvalue weighted by atomic mass is 16.6. The maximum atomic E-state index is 12.5. The van der Waals surface area contributed by atoms with Gasteiger partial charge in [0.1, 0.15) is 6.04 Å². The second kappa shape index (κ2) is 9.19. The monoisotopic (exact) mass is 393 g/mol. The normalized spacial score (nSPS) is 13.0. The van der Waals surface area contributed by atoms with E-state index < -0.39 is 34.8 Å². The van der Waals surface area contributed by atoms with Crippen molar-refractivity contribution >= 4 is 17.9 Å². The molecule has 1 rings (SSSR count). The van der Waals surface area contributed by atoms with Crippen molar-refractivity contribution in [3.05, 3.63) is 23.8 Å². The van der Waals surface area contributed by atoms with E-state index in [4.69, 9.17) is 20.3 Å². The number of aliphatic carboxylic acids is 1. The van der Waals surface area contributed by atoms with Crippen LogP contribution < -0.4 is 15.2 Å². The van der Waals surface area contributed by atoms with Crippen LogP contribution in [-0.4, -0.2) is 29.1 Å². The van der Waals surface area contributed by atoms with Crippen molar-refractivity contribution in [2.75, 3.05) is 0 Å². The van der Waals surface area contributed by atoms with Gasteiger partial charge in [0.15, 0.2) is 11.5 Å². The Morgan fingerprint density at radius 1 is 0.964 bits per heavy atom. The van der Waals surface area contributed by atoms with Gasteiger partial charge in [-0.1, -0.05) is 19.9 Å². The molecule has 0 aromatic heterocycles. The van der Waals surface area contributed by atoms with Crippen molar-refractivity contribution < 1.29 is 29.0 Å². The maximum Gasteiger partial charge on any atom is 0.320 e. The number of carboxylic acid groups (broad SMARTS) is 1. The molecule has 0 heterocycles. The summed E-state index contributed by atoms with van der Waals surface area (Å²) < 4.78 is 11.0. The van der Waals surface area contributed by atoms with Gasteiger partial charge in [-0.3, -0.25) is 14.4 Å². The van der Waals surface area contributed by atoms with Crippen LogP contribution in [0.15, 0.2) is 18.2 Å². The van der Waals surface area contributed by atoms with E-state index in [-0.39, 0.29) is 17.9 Å². The van der Waals surface area contributed by atoms with Crippen molar-refractivity contribution in [3.63, 3.8) is 0 Å². The fraction of sp³-hybridized carbons (Fsp3) is 0.571. The molecule has 1 atom stereocenters. The van der Waals surface area contributed by atoms with E-state index in [1.165, 1.54) is 12.1 Å². The molecule has 3 N–H and O–H groups in total. The van der Waals surface area contributed by atoms with Gasteiger partial charge in [-0.2, -0.15) is 0 Å². The number of carboxylic acids is 1. The highest BCUT2D eigenvalue weighted by molar-refractivity contribution is 5.81. The number of rotatable bonds is 9. The predicted octanol–water partition coefficient (Wildman–Crippen LogP) is 3.32. The maximum absolute atomic E-state index is 12.5. The number of esters is 2. The lowest BCUT2D eigenvalue weighted by Gasteiger charge is -2.23. The van der Waals surface area contributed by atoms with Gasteiger partial charge in [0.05, 0.1) is 10.8 Å². The molecule has 0 radical (unpaired) electrons. The lowest BCUT2D eigenvalue weighted by atomic mass is 9.90. The largest absolute Gasteiger partial charge is 0.480 e. The minimum absolute atomic E-state index is 0.0474. The van der Waals surface area contributed by atoms with E-state index in [0.717, 1.165) is 0 Å². The molecular weight excluding hydrogens is 362 g/mol. The summed E-state index contributed by atoms with van der Waals surface area (Å²) >= 11 is 0. The van der Waals surface area contributed by atoms with Crippen LogP contribution in [-0.2, 0) is 20.8 Å². The third-order valence-electron chi connectivity index (χ3n) is 5.06. The molecule has 0 amide bonds. The van der Waals surface area contributed by atoms with Crippen molar-refractivity contribution in [3.8, 4) is 11.5 Å². The molecule has 0 aliphatic carbocycles. The second-order valence-electron chi connectivity index (χ2n) is 8.18. The van der Waals surface area contributed by atoms with Gasteiger partial charge >= 0.3 is 17.9 Å². The molecule has 0 unspecified atom stereocenters. The summed E-state index contributed by atoms with van der Waals surface area (Å²) in [6.07, 6.45) is 1.19. The number of carbonyl (C=O) groups excluding carboxylic acids is 2. The summed E-state index contributed by atoms with van der Waals surface area (Å²) in [5, 5.41) is 9.01. The van der Waals surface area contributed by atoms with Crippen molar-refractivity contribution in [1.82, 2.24) is 0 Å². The Bertz CT molecular complexity index is 738. The average molecular weight is 393 g/mol. The smallest absolute Gasteiger partial charge is 0.320 e. The summed E-state index contributed by atoms with van der Waals surface area (Å²) in [5.74, 6) is -1.87. The summed E-state index contributed by atoms with van der Waals surface area (Å²) in [6, 6.07) is 3.50. The van der Waals surface area contributed by atoms with E-state index in [1.54, 1.807) is 33.8 Å². The number of hydrogen-bond acceptors (Lipinski definition) is 6. The first-order valence-electron chi connectivity index (χ1n) is 9.40. The third-order valence-corrected chi connectivity index (χ3v) is 5.06. The summed E-state index contributed by atoms with van der Waals surface area (Å²) in [6.45, 7) is 10.8. The first-order valence-corrected chi connectivity index (χ1v) is 9.40. The van der Waals surface area contributed by atoms with Crippen LogP contribution in [0.1, 0.15) is 59.9 Å². The average Bonchev–Trinajstić information content (AvgIpc) is 2.63. The molecule has 7 nitrogen and oxygen atoms in total. The van der Waals surface area contributed by atoms with Crippen LogP contribution >= 0.6 is 0 Å². The molecule has 28 heavy (non-hydrogen) atoms. The lowest BCUT2D eigenvalue weighted by molar-refractivity contribution is -0.147. The molecule has 0 saturated heterocycles. The highest BCUT2D eigenvalue weighted by Gasteiger charge is 2.31. The van der Waals surface area contributed by atoms with Gasteiger partial charge in [-0.25, -0.2) is 0 Å². The molecule has 0 aliphatic rings. The highest BCUT2D eigenvalue weighted by Crippen LogP contribution is 2.34.